The normalized spacial score (nSPS) is 11.3. The molecule has 0 atom stereocenters. The molecule has 0 bridgehead atoms. The summed E-state index contributed by atoms with van der Waals surface area (Å²) in [5, 5.41) is 15.5. The summed E-state index contributed by atoms with van der Waals surface area (Å²) < 4.78 is 13.3. The number of halogens is 1. The molecule has 0 saturated carbocycles. The lowest BCUT2D eigenvalue weighted by molar-refractivity contribution is 0.431. The zero-order chi connectivity index (χ0) is 15.8. The summed E-state index contributed by atoms with van der Waals surface area (Å²) in [6, 6.07) is 14.5. The fraction of sp³-hybridized carbons (Fsp3) is 0.235. The summed E-state index contributed by atoms with van der Waals surface area (Å²) in [5.74, 6) is -0.301. The Hall–Kier alpha value is -2.56. The maximum Gasteiger partial charge on any atom is 0.191 e. The van der Waals surface area contributed by atoms with Crippen molar-refractivity contribution in [1.29, 1.82) is 0 Å². The summed E-state index contributed by atoms with van der Waals surface area (Å²) in [6.07, 6.45) is 0.898. The third-order valence-electron chi connectivity index (χ3n) is 3.24. The molecule has 0 saturated heterocycles. The molecule has 0 amide bonds. The Balaban J connectivity index is 1.78. The number of nitrogens with one attached hydrogen (secondary N) is 2. The molecule has 22 heavy (non-hydrogen) atoms. The molecule has 5 heteroatoms. The molecule has 0 fully saturated rings. The molecule has 0 heterocycles. The number of guanidine groups is 1. The van der Waals surface area contributed by atoms with Crippen molar-refractivity contribution in [2.45, 2.75) is 13.0 Å². The van der Waals surface area contributed by atoms with Gasteiger partial charge in [-0.1, -0.05) is 36.4 Å². The fourth-order valence-corrected chi connectivity index (χ4v) is 2.04. The van der Waals surface area contributed by atoms with Gasteiger partial charge in [-0.3, -0.25) is 4.99 Å². The van der Waals surface area contributed by atoms with Crippen molar-refractivity contribution in [1.82, 2.24) is 10.6 Å². The van der Waals surface area contributed by atoms with E-state index in [2.05, 4.69) is 27.8 Å². The number of phenolic OH excluding ortho intramolecular Hbond substituents is 1. The molecule has 0 aliphatic heterocycles. The van der Waals surface area contributed by atoms with Gasteiger partial charge in [-0.15, -0.1) is 0 Å². The van der Waals surface area contributed by atoms with Gasteiger partial charge in [-0.2, -0.15) is 0 Å². The van der Waals surface area contributed by atoms with Crippen molar-refractivity contribution in [3.8, 4) is 5.75 Å². The number of rotatable bonds is 5. The molecular weight excluding hydrogens is 281 g/mol. The van der Waals surface area contributed by atoms with E-state index < -0.39 is 5.82 Å². The topological polar surface area (TPSA) is 56.7 Å². The van der Waals surface area contributed by atoms with E-state index in [9.17, 15) is 4.39 Å². The maximum atomic E-state index is 13.3. The van der Waals surface area contributed by atoms with Crippen LogP contribution in [0.15, 0.2) is 53.5 Å². The van der Waals surface area contributed by atoms with Crippen LogP contribution in [0.25, 0.3) is 0 Å². The van der Waals surface area contributed by atoms with Crippen LogP contribution in [-0.4, -0.2) is 24.7 Å². The van der Waals surface area contributed by atoms with E-state index in [4.69, 9.17) is 5.11 Å². The van der Waals surface area contributed by atoms with Crippen molar-refractivity contribution in [2.75, 3.05) is 13.6 Å². The molecule has 0 aliphatic rings. The predicted octanol–water partition coefficient (Wildman–Crippen LogP) is 2.44. The van der Waals surface area contributed by atoms with Gasteiger partial charge in [0.25, 0.3) is 0 Å². The van der Waals surface area contributed by atoms with E-state index >= 15 is 0 Å². The predicted molar refractivity (Wildman–Crippen MR) is 86.4 cm³/mol. The highest BCUT2D eigenvalue weighted by molar-refractivity contribution is 5.79. The van der Waals surface area contributed by atoms with E-state index in [-0.39, 0.29) is 5.75 Å². The van der Waals surface area contributed by atoms with E-state index in [1.54, 1.807) is 13.1 Å². The Bertz CT molecular complexity index is 629. The fourth-order valence-electron chi connectivity index (χ4n) is 2.04. The van der Waals surface area contributed by atoms with E-state index in [1.165, 1.54) is 17.7 Å². The quantitative estimate of drug-likeness (QED) is 0.587. The van der Waals surface area contributed by atoms with Crippen LogP contribution >= 0.6 is 0 Å². The Labute approximate surface area is 129 Å². The van der Waals surface area contributed by atoms with Crippen LogP contribution < -0.4 is 10.6 Å². The zero-order valence-electron chi connectivity index (χ0n) is 12.5. The summed E-state index contributed by atoms with van der Waals surface area (Å²) in [5.41, 5.74) is 1.99. The molecular formula is C17H20FN3O. The highest BCUT2D eigenvalue weighted by Gasteiger charge is 2.03. The minimum Gasteiger partial charge on any atom is -0.505 e. The van der Waals surface area contributed by atoms with Crippen molar-refractivity contribution in [3.63, 3.8) is 0 Å². The number of aliphatic imine (C=N–C) groups is 1. The van der Waals surface area contributed by atoms with Crippen molar-refractivity contribution in [3.05, 3.63) is 65.5 Å². The first kappa shape index (κ1) is 15.8. The van der Waals surface area contributed by atoms with E-state index in [0.717, 1.165) is 18.5 Å². The number of hydrogen-bond donors (Lipinski definition) is 3. The van der Waals surface area contributed by atoms with Crippen LogP contribution in [0.5, 0.6) is 5.75 Å². The molecule has 116 valence electrons. The summed E-state index contributed by atoms with van der Waals surface area (Å²) in [6.45, 7) is 1.19. The molecule has 2 rings (SSSR count). The largest absolute Gasteiger partial charge is 0.505 e. The molecule has 3 N–H and O–H groups in total. The smallest absolute Gasteiger partial charge is 0.191 e. The highest BCUT2D eigenvalue weighted by Crippen LogP contribution is 2.15. The minimum absolute atomic E-state index is 0.339. The Morgan fingerprint density at radius 1 is 1.09 bits per heavy atom. The van der Waals surface area contributed by atoms with Gasteiger partial charge in [0.15, 0.2) is 17.5 Å². The highest BCUT2D eigenvalue weighted by atomic mass is 19.1. The molecule has 0 aliphatic carbocycles. The number of phenols is 1. The Kier molecular flexibility index (Phi) is 5.77. The van der Waals surface area contributed by atoms with Gasteiger partial charge in [-0.05, 0) is 29.7 Å². The van der Waals surface area contributed by atoms with Crippen molar-refractivity contribution < 1.29 is 9.50 Å². The van der Waals surface area contributed by atoms with Crippen LogP contribution in [0.1, 0.15) is 11.1 Å². The van der Waals surface area contributed by atoms with Crippen LogP contribution in [0.2, 0.25) is 0 Å². The third kappa shape index (κ3) is 4.77. The van der Waals surface area contributed by atoms with Gasteiger partial charge in [0.05, 0.1) is 0 Å². The third-order valence-corrected chi connectivity index (χ3v) is 3.24. The second-order valence-electron chi connectivity index (χ2n) is 4.87. The van der Waals surface area contributed by atoms with Crippen molar-refractivity contribution >= 4 is 5.96 Å². The lowest BCUT2D eigenvalue weighted by atomic mass is 10.1. The molecule has 0 unspecified atom stereocenters. The first-order valence-corrected chi connectivity index (χ1v) is 7.15. The molecule has 4 nitrogen and oxygen atoms in total. The van der Waals surface area contributed by atoms with Gasteiger partial charge < -0.3 is 15.7 Å². The Morgan fingerprint density at radius 2 is 1.86 bits per heavy atom. The van der Waals surface area contributed by atoms with Crippen LogP contribution in [0.4, 0.5) is 4.39 Å². The maximum absolute atomic E-state index is 13.3. The monoisotopic (exact) mass is 301 g/mol. The van der Waals surface area contributed by atoms with Gasteiger partial charge in [0, 0.05) is 20.1 Å². The molecule has 0 spiro atoms. The molecule has 2 aromatic carbocycles. The van der Waals surface area contributed by atoms with Crippen LogP contribution in [0, 0.1) is 5.82 Å². The zero-order valence-corrected chi connectivity index (χ0v) is 12.5. The van der Waals surface area contributed by atoms with Gasteiger partial charge in [0.1, 0.15) is 0 Å². The number of nitrogens with zero attached hydrogens (tertiary/aromatic N) is 1. The first-order chi connectivity index (χ1) is 10.7. The standard InChI is InChI=1S/C17H20FN3O/c1-19-17(20-10-9-13-5-3-2-4-6-13)21-12-14-7-8-16(22)15(18)11-14/h2-8,11,22H,9-10,12H2,1H3,(H2,19,20,21). The van der Waals surface area contributed by atoms with E-state index in [1.807, 2.05) is 18.2 Å². The molecule has 0 aromatic heterocycles. The average molecular weight is 301 g/mol. The second kappa shape index (κ2) is 8.02. The average Bonchev–Trinajstić information content (AvgIpc) is 2.55. The Morgan fingerprint density at radius 3 is 2.55 bits per heavy atom. The summed E-state index contributed by atoms with van der Waals surface area (Å²) >= 11 is 0. The first-order valence-electron chi connectivity index (χ1n) is 7.15. The second-order valence-corrected chi connectivity index (χ2v) is 4.87. The number of hydrogen-bond acceptors (Lipinski definition) is 2. The summed E-state index contributed by atoms with van der Waals surface area (Å²) in [4.78, 5) is 4.13. The van der Waals surface area contributed by atoms with Crippen molar-refractivity contribution in [2.24, 2.45) is 4.99 Å². The van der Waals surface area contributed by atoms with Gasteiger partial charge in [0.2, 0.25) is 0 Å². The molecule has 0 radical (unpaired) electrons. The molecule has 2 aromatic rings. The SMILES string of the molecule is CN=C(NCCc1ccccc1)NCc1ccc(O)c(F)c1. The van der Waals surface area contributed by atoms with E-state index in [0.29, 0.717) is 12.5 Å². The van der Waals surface area contributed by atoms with Crippen LogP contribution in [-0.2, 0) is 13.0 Å². The van der Waals surface area contributed by atoms with Gasteiger partial charge >= 0.3 is 0 Å². The lowest BCUT2D eigenvalue weighted by Crippen LogP contribution is -2.37. The summed E-state index contributed by atoms with van der Waals surface area (Å²) in [7, 11) is 1.69. The van der Waals surface area contributed by atoms with Gasteiger partial charge in [-0.25, -0.2) is 4.39 Å². The minimum atomic E-state index is -0.619. The number of benzene rings is 2. The van der Waals surface area contributed by atoms with Crippen LogP contribution in [0.3, 0.4) is 0 Å². The number of aromatic hydroxyl groups is 1. The lowest BCUT2D eigenvalue weighted by Gasteiger charge is -2.12.